The summed E-state index contributed by atoms with van der Waals surface area (Å²) in [5, 5.41) is 0. The molecule has 0 spiro atoms. The van der Waals surface area contributed by atoms with Gasteiger partial charge >= 0.3 is 0 Å². The maximum Gasteiger partial charge on any atom is -0.0273 e. The van der Waals surface area contributed by atoms with E-state index in [-0.39, 0.29) is 0 Å². The summed E-state index contributed by atoms with van der Waals surface area (Å²) in [5.41, 5.74) is 0. The Labute approximate surface area is 68.6 Å². The molecule has 0 amide bonds. The van der Waals surface area contributed by atoms with E-state index in [1.54, 1.807) is 0 Å². The van der Waals surface area contributed by atoms with Gasteiger partial charge in [0.2, 0.25) is 0 Å². The molecular weight excluding hydrogens is 132 g/mol. The van der Waals surface area contributed by atoms with Crippen LogP contribution in [-0.4, -0.2) is 0 Å². The smallest absolute Gasteiger partial charge is 0.0273 e. The fraction of sp³-hybridized carbons (Fsp3) is 0.273. The Balaban J connectivity index is 2.47. The topological polar surface area (TPSA) is 0 Å². The van der Waals surface area contributed by atoms with Crippen LogP contribution in [0.5, 0.6) is 0 Å². The SMILES string of the molecule is [C]1=CC=CC=CC=CCCC1. The Kier molecular flexibility index (Phi) is 4.19. The van der Waals surface area contributed by atoms with E-state index in [4.69, 9.17) is 0 Å². The molecule has 1 aliphatic rings. The van der Waals surface area contributed by atoms with Crippen LogP contribution >= 0.6 is 0 Å². The summed E-state index contributed by atoms with van der Waals surface area (Å²) < 4.78 is 0. The summed E-state index contributed by atoms with van der Waals surface area (Å²) >= 11 is 0. The Bertz CT molecular complexity index is 170. The highest BCUT2D eigenvalue weighted by Gasteiger charge is 1.79. The van der Waals surface area contributed by atoms with E-state index >= 15 is 0 Å². The van der Waals surface area contributed by atoms with Gasteiger partial charge < -0.3 is 0 Å². The summed E-state index contributed by atoms with van der Waals surface area (Å²) in [6, 6.07) is 0. The Morgan fingerprint density at radius 2 is 1.73 bits per heavy atom. The van der Waals surface area contributed by atoms with Gasteiger partial charge in [0.05, 0.1) is 0 Å². The third-order valence-electron chi connectivity index (χ3n) is 1.49. The van der Waals surface area contributed by atoms with Crippen molar-refractivity contribution in [3.05, 3.63) is 48.6 Å². The molecule has 57 valence electrons. The fourth-order valence-electron chi connectivity index (χ4n) is 0.896. The van der Waals surface area contributed by atoms with Gasteiger partial charge in [-0.2, -0.15) is 0 Å². The summed E-state index contributed by atoms with van der Waals surface area (Å²) in [4.78, 5) is 0. The summed E-state index contributed by atoms with van der Waals surface area (Å²) in [6.45, 7) is 0. The van der Waals surface area contributed by atoms with Crippen LogP contribution in [0.2, 0.25) is 0 Å². The molecular formula is C11H13. The number of rotatable bonds is 0. The zero-order valence-corrected chi connectivity index (χ0v) is 6.66. The van der Waals surface area contributed by atoms with Gasteiger partial charge in [0.25, 0.3) is 0 Å². The van der Waals surface area contributed by atoms with Crippen LogP contribution in [0.1, 0.15) is 19.3 Å². The standard InChI is InChI=1S/C11H13/c1-2-4-6-8-10-11-9-7-5-3-1/h1-7H,8,10-11H2. The summed E-state index contributed by atoms with van der Waals surface area (Å²) in [7, 11) is 0. The van der Waals surface area contributed by atoms with Crippen LogP contribution in [0, 0.1) is 6.08 Å². The van der Waals surface area contributed by atoms with Gasteiger partial charge in [-0.25, -0.2) is 0 Å². The van der Waals surface area contributed by atoms with Crippen molar-refractivity contribution in [1.82, 2.24) is 0 Å². The predicted molar refractivity (Wildman–Crippen MR) is 49.1 cm³/mol. The molecule has 0 heteroatoms. The number of hydrogen-bond donors (Lipinski definition) is 0. The molecule has 0 nitrogen and oxygen atoms in total. The summed E-state index contributed by atoms with van der Waals surface area (Å²) in [5.74, 6) is 0. The average Bonchev–Trinajstić information content (AvgIpc) is 2.08. The van der Waals surface area contributed by atoms with E-state index < -0.39 is 0 Å². The fourth-order valence-corrected chi connectivity index (χ4v) is 0.896. The monoisotopic (exact) mass is 145 g/mol. The normalized spacial score (nSPS) is 18.2. The highest BCUT2D eigenvalue weighted by Crippen LogP contribution is 1.98. The predicted octanol–water partition coefficient (Wildman–Crippen LogP) is 3.20. The molecule has 0 atom stereocenters. The van der Waals surface area contributed by atoms with E-state index in [1.807, 2.05) is 24.3 Å². The highest BCUT2D eigenvalue weighted by molar-refractivity contribution is 5.14. The first-order valence-electron chi connectivity index (χ1n) is 4.05. The Hall–Kier alpha value is -1.04. The van der Waals surface area contributed by atoms with Crippen molar-refractivity contribution in [3.8, 4) is 0 Å². The van der Waals surface area contributed by atoms with Crippen molar-refractivity contribution < 1.29 is 0 Å². The van der Waals surface area contributed by atoms with Crippen LogP contribution in [0.15, 0.2) is 42.5 Å². The maximum atomic E-state index is 3.20. The van der Waals surface area contributed by atoms with E-state index in [9.17, 15) is 0 Å². The van der Waals surface area contributed by atoms with Crippen molar-refractivity contribution in [2.75, 3.05) is 0 Å². The molecule has 0 saturated carbocycles. The van der Waals surface area contributed by atoms with Gasteiger partial charge in [0.15, 0.2) is 0 Å². The lowest BCUT2D eigenvalue weighted by Crippen LogP contribution is -1.68. The highest BCUT2D eigenvalue weighted by atomic mass is 13.9. The molecule has 1 radical (unpaired) electrons. The Morgan fingerprint density at radius 3 is 2.73 bits per heavy atom. The quantitative estimate of drug-likeness (QED) is 0.491. The van der Waals surface area contributed by atoms with Gasteiger partial charge in [-0.3, -0.25) is 0 Å². The van der Waals surface area contributed by atoms with Crippen molar-refractivity contribution >= 4 is 0 Å². The van der Waals surface area contributed by atoms with E-state index in [2.05, 4.69) is 24.3 Å². The molecule has 0 aromatic carbocycles. The third kappa shape index (κ3) is 4.38. The first-order chi connectivity index (χ1) is 5.50. The minimum Gasteiger partial charge on any atom is -0.0845 e. The molecule has 1 rings (SSSR count). The first-order valence-corrected chi connectivity index (χ1v) is 4.05. The molecule has 0 aliphatic heterocycles. The van der Waals surface area contributed by atoms with Gasteiger partial charge in [0, 0.05) is 0 Å². The average molecular weight is 145 g/mol. The molecule has 0 bridgehead atoms. The summed E-state index contributed by atoms with van der Waals surface area (Å²) in [6.07, 6.45) is 21.0. The second kappa shape index (κ2) is 5.72. The molecule has 0 saturated heterocycles. The van der Waals surface area contributed by atoms with Crippen molar-refractivity contribution in [2.45, 2.75) is 19.3 Å². The van der Waals surface area contributed by atoms with Crippen LogP contribution in [0.25, 0.3) is 0 Å². The largest absolute Gasteiger partial charge is 0.0845 e. The van der Waals surface area contributed by atoms with E-state index in [0.717, 1.165) is 12.8 Å². The first kappa shape index (κ1) is 8.06. The number of allylic oxidation sites excluding steroid dienone is 8. The minimum atomic E-state index is 1.06. The lowest BCUT2D eigenvalue weighted by atomic mass is 10.2. The molecule has 1 aliphatic carbocycles. The molecule has 0 fully saturated rings. The number of hydrogen-bond acceptors (Lipinski definition) is 0. The van der Waals surface area contributed by atoms with Crippen molar-refractivity contribution in [3.63, 3.8) is 0 Å². The second-order valence-electron chi connectivity index (χ2n) is 2.46. The second-order valence-corrected chi connectivity index (χ2v) is 2.46. The van der Waals surface area contributed by atoms with Crippen LogP contribution in [0.4, 0.5) is 0 Å². The van der Waals surface area contributed by atoms with Crippen LogP contribution < -0.4 is 0 Å². The minimum absolute atomic E-state index is 1.06. The van der Waals surface area contributed by atoms with Crippen LogP contribution in [-0.2, 0) is 0 Å². The molecule has 11 heavy (non-hydrogen) atoms. The molecule has 0 heterocycles. The van der Waals surface area contributed by atoms with Gasteiger partial charge in [0.1, 0.15) is 0 Å². The Morgan fingerprint density at radius 1 is 0.909 bits per heavy atom. The van der Waals surface area contributed by atoms with Gasteiger partial charge in [-0.05, 0) is 25.3 Å². The van der Waals surface area contributed by atoms with Crippen LogP contribution in [0.3, 0.4) is 0 Å². The van der Waals surface area contributed by atoms with Gasteiger partial charge in [-0.1, -0.05) is 42.5 Å². The van der Waals surface area contributed by atoms with Gasteiger partial charge in [-0.15, -0.1) is 0 Å². The zero-order valence-electron chi connectivity index (χ0n) is 6.66. The van der Waals surface area contributed by atoms with E-state index in [0.29, 0.717) is 0 Å². The van der Waals surface area contributed by atoms with E-state index in [1.165, 1.54) is 6.42 Å². The molecule has 0 aromatic heterocycles. The lowest BCUT2D eigenvalue weighted by molar-refractivity contribution is 0.855. The molecule has 0 aromatic rings. The lowest BCUT2D eigenvalue weighted by Gasteiger charge is -1.86. The van der Waals surface area contributed by atoms with Crippen molar-refractivity contribution in [2.24, 2.45) is 0 Å². The van der Waals surface area contributed by atoms with Crippen molar-refractivity contribution in [1.29, 1.82) is 0 Å². The molecule has 0 unspecified atom stereocenters. The maximum absolute atomic E-state index is 3.20. The third-order valence-corrected chi connectivity index (χ3v) is 1.49. The zero-order chi connectivity index (χ0) is 7.78. The molecule has 0 N–H and O–H groups in total.